The van der Waals surface area contributed by atoms with Crippen molar-refractivity contribution in [2.75, 3.05) is 13.6 Å². The Kier molecular flexibility index (Phi) is 6.64. The second-order valence-corrected chi connectivity index (χ2v) is 6.41. The Morgan fingerprint density at radius 1 is 1.10 bits per heavy atom. The van der Waals surface area contributed by atoms with Crippen LogP contribution >= 0.6 is 0 Å². The van der Waals surface area contributed by atoms with Gasteiger partial charge in [-0.25, -0.2) is 0 Å². The molecular weight excluding hydrogens is 366 g/mol. The molecule has 144 valence electrons. The number of phenols is 1. The number of nitrogens with zero attached hydrogens (tertiary/aromatic N) is 3. The van der Waals surface area contributed by atoms with Gasteiger partial charge in [0, 0.05) is 18.2 Å². The monoisotopic (exact) mass is 385 g/mol. The smallest absolute Gasteiger partial charge is 0.268 e. The number of carbonyl (C=O) groups excluding carboxylic acids is 1. The van der Waals surface area contributed by atoms with Gasteiger partial charge in [0.1, 0.15) is 23.6 Å². The number of nitriles is 2. The number of rotatable bonds is 3. The van der Waals surface area contributed by atoms with Crippen LogP contribution in [0, 0.1) is 48.4 Å². The van der Waals surface area contributed by atoms with E-state index in [1.807, 2.05) is 37.3 Å². The predicted octanol–water partition coefficient (Wildman–Crippen LogP) is 3.18. The first-order chi connectivity index (χ1) is 13.8. The first-order valence-electron chi connectivity index (χ1n) is 8.67. The second kappa shape index (κ2) is 9.13. The Labute approximate surface area is 169 Å². The number of amides is 1. The molecule has 0 fully saturated rings. The lowest BCUT2D eigenvalue weighted by atomic mass is 10.0. The first-order valence-corrected chi connectivity index (χ1v) is 8.67. The van der Waals surface area contributed by atoms with E-state index in [1.54, 1.807) is 13.0 Å². The summed E-state index contributed by atoms with van der Waals surface area (Å²) < 4.78 is 0. The summed E-state index contributed by atoms with van der Waals surface area (Å²) >= 11 is 0. The molecule has 2 N–H and O–H groups in total. The molecule has 2 aromatic rings. The highest BCUT2D eigenvalue weighted by Gasteiger charge is 2.21. The molecule has 0 aromatic heterocycles. The fourth-order valence-electron chi connectivity index (χ4n) is 2.58. The van der Waals surface area contributed by atoms with Crippen LogP contribution in [0.5, 0.6) is 5.75 Å². The highest BCUT2D eigenvalue weighted by atomic mass is 16.3. The molecule has 0 saturated carbocycles. The highest BCUT2D eigenvalue weighted by molar-refractivity contribution is 6.03. The lowest BCUT2D eigenvalue weighted by Gasteiger charge is -2.14. The summed E-state index contributed by atoms with van der Waals surface area (Å²) in [5.74, 6) is 4.39. The van der Waals surface area contributed by atoms with Crippen LogP contribution in [0.4, 0.5) is 0 Å². The number of benzene rings is 2. The zero-order valence-corrected chi connectivity index (χ0v) is 16.3. The van der Waals surface area contributed by atoms with E-state index in [0.717, 1.165) is 11.1 Å². The summed E-state index contributed by atoms with van der Waals surface area (Å²) in [6.45, 7) is 3.54. The third-order valence-electron chi connectivity index (χ3n) is 4.29. The molecular formula is C23H19N3O3. The molecule has 0 atom stereocenters. The lowest BCUT2D eigenvalue weighted by molar-refractivity contribution is -0.124. The molecule has 1 amide bonds. The van der Waals surface area contributed by atoms with Crippen LogP contribution in [0.3, 0.4) is 0 Å². The van der Waals surface area contributed by atoms with Crippen molar-refractivity contribution in [1.82, 2.24) is 4.90 Å². The molecule has 0 bridgehead atoms. The maximum Gasteiger partial charge on any atom is 0.268 e. The van der Waals surface area contributed by atoms with Crippen LogP contribution in [0.15, 0.2) is 42.0 Å². The number of likely N-dealkylation sites (N-methyl/N-ethyl adjacent to an activating group) is 1. The van der Waals surface area contributed by atoms with Crippen molar-refractivity contribution in [1.29, 1.82) is 10.5 Å². The van der Waals surface area contributed by atoms with Gasteiger partial charge in [-0.15, -0.1) is 0 Å². The number of hydrogen-bond donors (Lipinski definition) is 2. The summed E-state index contributed by atoms with van der Waals surface area (Å²) in [5, 5.41) is 38.8. The predicted molar refractivity (Wildman–Crippen MR) is 108 cm³/mol. The molecule has 6 nitrogen and oxygen atoms in total. The number of hydrogen-bond acceptors (Lipinski definition) is 5. The Morgan fingerprint density at radius 3 is 2.41 bits per heavy atom. The van der Waals surface area contributed by atoms with E-state index in [1.165, 1.54) is 24.1 Å². The standard InChI is InChI=1S/C23H19N3O3/c1-15-7-4-5-8-17(15)9-6-10-26(3)23(29)20(14-25)22(28)18-11-16(2)21(27)19(12-18)13-24/h4-5,7-8,11-12,27-28H,10H2,1-3H3/b22-20-. The maximum atomic E-state index is 12.6. The maximum absolute atomic E-state index is 12.6. The summed E-state index contributed by atoms with van der Waals surface area (Å²) in [6, 6.07) is 13.7. The highest BCUT2D eigenvalue weighted by Crippen LogP contribution is 2.27. The summed E-state index contributed by atoms with van der Waals surface area (Å²) in [6.07, 6.45) is 0. The Bertz CT molecular complexity index is 1140. The normalized spacial score (nSPS) is 10.7. The molecule has 0 heterocycles. The number of aliphatic hydroxyl groups excluding tert-OH is 1. The van der Waals surface area contributed by atoms with E-state index in [0.29, 0.717) is 5.56 Å². The molecule has 0 radical (unpaired) electrons. The SMILES string of the molecule is Cc1ccccc1C#CCN(C)C(=O)/C(C#N)=C(\O)c1cc(C)c(O)c(C#N)c1. The van der Waals surface area contributed by atoms with Crippen LogP contribution < -0.4 is 0 Å². The lowest BCUT2D eigenvalue weighted by Crippen LogP contribution is -2.28. The first kappa shape index (κ1) is 21.1. The van der Waals surface area contributed by atoms with E-state index in [4.69, 9.17) is 5.26 Å². The number of phenolic OH excluding ortho intramolecular Hbond substituents is 1. The fourth-order valence-corrected chi connectivity index (χ4v) is 2.58. The molecule has 0 spiro atoms. The zero-order chi connectivity index (χ0) is 21.6. The van der Waals surface area contributed by atoms with Gasteiger partial charge in [-0.3, -0.25) is 4.79 Å². The molecule has 2 aromatic carbocycles. The van der Waals surface area contributed by atoms with Crippen molar-refractivity contribution in [3.8, 4) is 29.7 Å². The minimum absolute atomic E-state index is 0.0592. The van der Waals surface area contributed by atoms with Gasteiger partial charge in [0.25, 0.3) is 5.91 Å². The molecule has 0 saturated heterocycles. The van der Waals surface area contributed by atoms with Gasteiger partial charge in [0.15, 0.2) is 5.57 Å². The molecule has 0 unspecified atom stereocenters. The number of carbonyl (C=O) groups is 1. The van der Waals surface area contributed by atoms with Crippen LogP contribution in [0.25, 0.3) is 5.76 Å². The Morgan fingerprint density at radius 2 is 1.79 bits per heavy atom. The summed E-state index contributed by atoms with van der Waals surface area (Å²) in [4.78, 5) is 13.8. The van der Waals surface area contributed by atoms with Crippen molar-refractivity contribution in [2.45, 2.75) is 13.8 Å². The quantitative estimate of drug-likeness (QED) is 0.365. The number of aromatic hydroxyl groups is 1. The minimum Gasteiger partial charge on any atom is -0.506 e. The minimum atomic E-state index is -0.701. The van der Waals surface area contributed by atoms with E-state index in [9.17, 15) is 20.3 Å². The number of aryl methyl sites for hydroxylation is 2. The third kappa shape index (κ3) is 4.75. The van der Waals surface area contributed by atoms with Gasteiger partial charge in [0.2, 0.25) is 0 Å². The fraction of sp³-hybridized carbons (Fsp3) is 0.174. The van der Waals surface area contributed by atoms with E-state index < -0.39 is 17.2 Å². The van der Waals surface area contributed by atoms with Crippen molar-refractivity contribution >= 4 is 11.7 Å². The zero-order valence-electron chi connectivity index (χ0n) is 16.3. The third-order valence-corrected chi connectivity index (χ3v) is 4.29. The molecule has 2 rings (SSSR count). The van der Waals surface area contributed by atoms with E-state index in [-0.39, 0.29) is 23.4 Å². The average molecular weight is 385 g/mol. The summed E-state index contributed by atoms with van der Waals surface area (Å²) in [7, 11) is 1.47. The van der Waals surface area contributed by atoms with Crippen molar-refractivity contribution in [3.63, 3.8) is 0 Å². The molecule has 6 heteroatoms. The van der Waals surface area contributed by atoms with Crippen LogP contribution in [0.1, 0.15) is 27.8 Å². The largest absolute Gasteiger partial charge is 0.506 e. The number of aliphatic hydroxyl groups is 1. The van der Waals surface area contributed by atoms with Gasteiger partial charge in [-0.2, -0.15) is 10.5 Å². The van der Waals surface area contributed by atoms with Gasteiger partial charge >= 0.3 is 0 Å². The van der Waals surface area contributed by atoms with Crippen molar-refractivity contribution < 1.29 is 15.0 Å². The molecule has 29 heavy (non-hydrogen) atoms. The van der Waals surface area contributed by atoms with Gasteiger partial charge in [-0.05, 0) is 43.2 Å². The van der Waals surface area contributed by atoms with E-state index in [2.05, 4.69) is 11.8 Å². The van der Waals surface area contributed by atoms with Crippen molar-refractivity contribution in [3.05, 3.63) is 69.8 Å². The average Bonchev–Trinajstić information content (AvgIpc) is 2.71. The molecule has 0 aliphatic carbocycles. The van der Waals surface area contributed by atoms with Crippen molar-refractivity contribution in [2.24, 2.45) is 0 Å². The van der Waals surface area contributed by atoms with Crippen LogP contribution in [0.2, 0.25) is 0 Å². The van der Waals surface area contributed by atoms with Crippen LogP contribution in [-0.2, 0) is 4.79 Å². The van der Waals surface area contributed by atoms with Gasteiger partial charge < -0.3 is 15.1 Å². The van der Waals surface area contributed by atoms with Crippen LogP contribution in [-0.4, -0.2) is 34.6 Å². The van der Waals surface area contributed by atoms with Gasteiger partial charge in [-0.1, -0.05) is 30.0 Å². The van der Waals surface area contributed by atoms with Gasteiger partial charge in [0.05, 0.1) is 12.1 Å². The summed E-state index contributed by atoms with van der Waals surface area (Å²) in [5.41, 5.74) is 1.76. The van der Waals surface area contributed by atoms with E-state index >= 15 is 0 Å². The Balaban J connectivity index is 2.30. The Hall–Kier alpha value is -4.21. The second-order valence-electron chi connectivity index (χ2n) is 6.41. The molecule has 0 aliphatic rings. The topological polar surface area (TPSA) is 108 Å². The molecule has 0 aliphatic heterocycles.